The monoisotopic (exact) mass is 380 g/mol. The number of methoxy groups -OCH3 is 1. The van der Waals surface area contributed by atoms with Gasteiger partial charge in [-0.1, -0.05) is 17.7 Å². The van der Waals surface area contributed by atoms with Gasteiger partial charge in [-0.15, -0.1) is 11.3 Å². The number of Topliss-reactive ketones (excluding diaryl/α,β-unsaturated/α-hetero) is 1. The van der Waals surface area contributed by atoms with Crippen molar-refractivity contribution in [3.63, 3.8) is 0 Å². The lowest BCUT2D eigenvalue weighted by Crippen LogP contribution is -2.05. The predicted molar refractivity (Wildman–Crippen MR) is 91.3 cm³/mol. The first-order chi connectivity index (χ1) is 12.0. The van der Waals surface area contributed by atoms with E-state index < -0.39 is 17.4 Å². The average Bonchev–Trinajstić information content (AvgIpc) is 3.08. The summed E-state index contributed by atoms with van der Waals surface area (Å²) in [4.78, 5) is 20.8. The van der Waals surface area contributed by atoms with Gasteiger partial charge >= 0.3 is 0 Å². The van der Waals surface area contributed by atoms with E-state index in [1.165, 1.54) is 25.6 Å². The van der Waals surface area contributed by atoms with Gasteiger partial charge in [-0.05, 0) is 18.2 Å². The summed E-state index contributed by atoms with van der Waals surface area (Å²) in [6.45, 7) is 0. The molecule has 8 heteroatoms. The van der Waals surface area contributed by atoms with Crippen LogP contribution in [0.5, 0.6) is 5.88 Å². The molecule has 25 heavy (non-hydrogen) atoms. The largest absolute Gasteiger partial charge is 0.480 e. The van der Waals surface area contributed by atoms with Crippen molar-refractivity contribution >= 4 is 28.7 Å². The summed E-state index contributed by atoms with van der Waals surface area (Å²) in [5.41, 5.74) is 0.278. The molecule has 0 aliphatic heterocycles. The van der Waals surface area contributed by atoms with Crippen LogP contribution in [0.25, 0.3) is 10.6 Å². The summed E-state index contributed by atoms with van der Waals surface area (Å²) in [5.74, 6) is -1.61. The number of nitrogens with zero attached hydrogens (tertiary/aromatic N) is 2. The third-order valence-electron chi connectivity index (χ3n) is 3.42. The number of ether oxygens (including phenoxy) is 1. The Morgan fingerprint density at radius 3 is 2.64 bits per heavy atom. The zero-order valence-electron chi connectivity index (χ0n) is 12.9. The van der Waals surface area contributed by atoms with Gasteiger partial charge in [-0.25, -0.2) is 18.7 Å². The lowest BCUT2D eigenvalue weighted by atomic mass is 10.1. The Labute approximate surface area is 151 Å². The maximum atomic E-state index is 13.7. The minimum Gasteiger partial charge on any atom is -0.480 e. The standard InChI is InChI=1S/C17H11ClF2N2O2S/c1-24-16-11(5-9(18)7-21-16)17-22-8-15(25-17)14(23)6-10-12(19)3-2-4-13(10)20/h2-5,7-8H,6H2,1H3. The van der Waals surface area contributed by atoms with E-state index in [2.05, 4.69) is 9.97 Å². The van der Waals surface area contributed by atoms with Crippen molar-refractivity contribution in [3.8, 4) is 16.5 Å². The molecule has 0 spiro atoms. The molecule has 4 nitrogen and oxygen atoms in total. The molecule has 0 fully saturated rings. The van der Waals surface area contributed by atoms with Crippen LogP contribution in [0.1, 0.15) is 15.2 Å². The number of carbonyl (C=O) groups is 1. The second-order valence-corrected chi connectivity index (χ2v) is 6.51. The van der Waals surface area contributed by atoms with Gasteiger partial charge in [0.15, 0.2) is 5.78 Å². The SMILES string of the molecule is COc1ncc(Cl)cc1-c1ncc(C(=O)Cc2c(F)cccc2F)s1. The van der Waals surface area contributed by atoms with E-state index in [1.54, 1.807) is 6.07 Å². The number of rotatable bonds is 5. The highest BCUT2D eigenvalue weighted by atomic mass is 35.5. The first kappa shape index (κ1) is 17.4. The number of hydrogen-bond donors (Lipinski definition) is 0. The maximum Gasteiger partial charge on any atom is 0.223 e. The number of ketones is 1. The van der Waals surface area contributed by atoms with Crippen molar-refractivity contribution in [2.75, 3.05) is 7.11 Å². The van der Waals surface area contributed by atoms with Crippen molar-refractivity contribution in [2.24, 2.45) is 0 Å². The van der Waals surface area contributed by atoms with E-state index >= 15 is 0 Å². The highest BCUT2D eigenvalue weighted by Crippen LogP contribution is 2.33. The first-order valence-electron chi connectivity index (χ1n) is 7.11. The molecule has 2 heterocycles. The molecule has 0 aliphatic carbocycles. The zero-order chi connectivity index (χ0) is 18.0. The van der Waals surface area contributed by atoms with Gasteiger partial charge in [0.1, 0.15) is 16.6 Å². The van der Waals surface area contributed by atoms with E-state index in [9.17, 15) is 13.6 Å². The first-order valence-corrected chi connectivity index (χ1v) is 8.31. The Balaban J connectivity index is 1.89. The molecule has 0 aliphatic rings. The third-order valence-corrected chi connectivity index (χ3v) is 4.70. The molecule has 0 radical (unpaired) electrons. The van der Waals surface area contributed by atoms with Crippen LogP contribution in [-0.2, 0) is 6.42 Å². The fourth-order valence-electron chi connectivity index (χ4n) is 2.22. The molecular weight excluding hydrogens is 370 g/mol. The lowest BCUT2D eigenvalue weighted by Gasteiger charge is -2.04. The average molecular weight is 381 g/mol. The molecule has 2 aromatic heterocycles. The zero-order valence-corrected chi connectivity index (χ0v) is 14.5. The van der Waals surface area contributed by atoms with Gasteiger partial charge < -0.3 is 4.74 Å². The summed E-state index contributed by atoms with van der Waals surface area (Å²) in [6.07, 6.45) is 2.41. The van der Waals surface area contributed by atoms with Crippen molar-refractivity contribution in [1.82, 2.24) is 9.97 Å². The molecule has 0 amide bonds. The van der Waals surface area contributed by atoms with Crippen LogP contribution < -0.4 is 4.74 Å². The summed E-state index contributed by atoms with van der Waals surface area (Å²) < 4.78 is 32.6. The summed E-state index contributed by atoms with van der Waals surface area (Å²) in [5, 5.41) is 0.872. The Morgan fingerprint density at radius 1 is 1.24 bits per heavy atom. The maximum absolute atomic E-state index is 13.7. The molecule has 0 N–H and O–H groups in total. The summed E-state index contributed by atoms with van der Waals surface area (Å²) in [7, 11) is 1.46. The molecule has 3 rings (SSSR count). The topological polar surface area (TPSA) is 52.1 Å². The van der Waals surface area contributed by atoms with Gasteiger partial charge in [0, 0.05) is 24.4 Å². The van der Waals surface area contributed by atoms with Gasteiger partial charge in [-0.2, -0.15) is 0 Å². The highest BCUT2D eigenvalue weighted by molar-refractivity contribution is 7.17. The van der Waals surface area contributed by atoms with Crippen molar-refractivity contribution < 1.29 is 18.3 Å². The smallest absolute Gasteiger partial charge is 0.223 e. The fourth-order valence-corrected chi connectivity index (χ4v) is 3.24. The van der Waals surface area contributed by atoms with Crippen LogP contribution in [0, 0.1) is 11.6 Å². The Hall–Kier alpha value is -2.38. The molecule has 128 valence electrons. The molecule has 0 saturated heterocycles. The van der Waals surface area contributed by atoms with Gasteiger partial charge in [-0.3, -0.25) is 4.79 Å². The minimum absolute atomic E-state index is 0.260. The molecule has 3 aromatic rings. The third kappa shape index (κ3) is 3.67. The molecular formula is C17H11ClF2N2O2S. The number of hydrogen-bond acceptors (Lipinski definition) is 5. The second kappa shape index (κ2) is 7.25. The molecule has 0 bridgehead atoms. The van der Waals surface area contributed by atoms with Gasteiger partial charge in [0.05, 0.1) is 22.6 Å². The molecule has 0 atom stereocenters. The summed E-state index contributed by atoms with van der Waals surface area (Å²) in [6, 6.07) is 5.11. The molecule has 1 aromatic carbocycles. The Morgan fingerprint density at radius 2 is 1.96 bits per heavy atom. The van der Waals surface area contributed by atoms with Crippen LogP contribution in [0.3, 0.4) is 0 Å². The van der Waals surface area contributed by atoms with Gasteiger partial charge in [0.2, 0.25) is 5.88 Å². The van der Waals surface area contributed by atoms with Crippen molar-refractivity contribution in [2.45, 2.75) is 6.42 Å². The van der Waals surface area contributed by atoms with Crippen LogP contribution in [-0.4, -0.2) is 22.9 Å². The number of carbonyl (C=O) groups excluding carboxylic acids is 1. The van der Waals surface area contributed by atoms with Crippen LogP contribution >= 0.6 is 22.9 Å². The van der Waals surface area contributed by atoms with E-state index in [0.717, 1.165) is 23.5 Å². The molecule has 0 saturated carbocycles. The van der Waals surface area contributed by atoms with E-state index in [0.29, 0.717) is 21.5 Å². The van der Waals surface area contributed by atoms with E-state index in [1.807, 2.05) is 0 Å². The van der Waals surface area contributed by atoms with Crippen LogP contribution in [0.15, 0.2) is 36.7 Å². The molecule has 0 unspecified atom stereocenters. The van der Waals surface area contributed by atoms with Crippen molar-refractivity contribution in [1.29, 1.82) is 0 Å². The predicted octanol–water partition coefficient (Wildman–Crippen LogP) is 4.57. The number of pyridine rings is 1. The van der Waals surface area contributed by atoms with E-state index in [-0.39, 0.29) is 16.9 Å². The number of benzene rings is 1. The van der Waals surface area contributed by atoms with Crippen LogP contribution in [0.4, 0.5) is 8.78 Å². The Bertz CT molecular complexity index is 926. The number of aromatic nitrogens is 2. The quantitative estimate of drug-likeness (QED) is 0.608. The van der Waals surface area contributed by atoms with Crippen molar-refractivity contribution in [3.05, 3.63) is 63.8 Å². The summed E-state index contributed by atoms with van der Waals surface area (Å²) >= 11 is 7.02. The van der Waals surface area contributed by atoms with Gasteiger partial charge in [0.25, 0.3) is 0 Å². The normalized spacial score (nSPS) is 10.7. The van der Waals surface area contributed by atoms with Crippen LogP contribution in [0.2, 0.25) is 5.02 Å². The fraction of sp³-hybridized carbons (Fsp3) is 0.118. The lowest BCUT2D eigenvalue weighted by molar-refractivity contribution is 0.0994. The Kier molecular flexibility index (Phi) is 5.06. The highest BCUT2D eigenvalue weighted by Gasteiger charge is 2.19. The van der Waals surface area contributed by atoms with E-state index in [4.69, 9.17) is 16.3 Å². The minimum atomic E-state index is -0.751. The number of thiazole rings is 1. The number of halogens is 3. The second-order valence-electron chi connectivity index (χ2n) is 5.04.